The maximum absolute atomic E-state index is 13.6. The van der Waals surface area contributed by atoms with Gasteiger partial charge < -0.3 is 13.6 Å². The minimum Gasteiger partial charge on any atom is -0.431 e. The summed E-state index contributed by atoms with van der Waals surface area (Å²) in [6.45, 7) is 25.0. The molecule has 4 nitrogen and oxygen atoms in total. The second kappa shape index (κ2) is 11.1. The summed E-state index contributed by atoms with van der Waals surface area (Å²) >= 11 is 0. The van der Waals surface area contributed by atoms with Gasteiger partial charge in [-0.3, -0.25) is 4.79 Å². The SMILES string of the molecule is CCCCCC/C=C1\OC(=O)[C@H]2[C@@H]1[C@@H](O[Si](C)(C)C(C)(C)C)c1ccccc1[C@H]2O[Si](C)(C)C(C)(C)C. The van der Waals surface area contributed by atoms with Crippen LogP contribution in [0, 0.1) is 11.8 Å². The number of carbonyl (C=O) groups is 1. The molecule has 0 aromatic heterocycles. The van der Waals surface area contributed by atoms with Crippen molar-refractivity contribution in [1.82, 2.24) is 0 Å². The zero-order valence-corrected chi connectivity index (χ0v) is 27.4. The standard InChI is InChI=1S/C31H52O4Si2/c1-12-13-14-15-16-21-24-25-26(29(32)33-24)28(35-37(10,11)31(5,6)7)23-20-18-17-19-22(23)27(25)34-36(8,9)30(2,3)4/h17-21,25-28H,12-16H2,1-11H3/b24-21-/t25-,26+,27+,28-/m1/s1. The van der Waals surface area contributed by atoms with Crippen LogP contribution >= 0.6 is 0 Å². The predicted octanol–water partition coefficient (Wildman–Crippen LogP) is 9.47. The lowest BCUT2D eigenvalue weighted by molar-refractivity contribution is -0.143. The van der Waals surface area contributed by atoms with Crippen molar-refractivity contribution in [2.45, 2.75) is 129 Å². The lowest BCUT2D eigenvalue weighted by Crippen LogP contribution is -2.48. The molecule has 1 aliphatic heterocycles. The second-order valence-corrected chi connectivity index (χ2v) is 23.7. The molecule has 0 amide bonds. The van der Waals surface area contributed by atoms with Crippen LogP contribution in [0.15, 0.2) is 36.1 Å². The fraction of sp³-hybridized carbons (Fsp3) is 0.710. The first kappa shape index (κ1) is 30.3. The van der Waals surface area contributed by atoms with Crippen LogP contribution in [0.5, 0.6) is 0 Å². The predicted molar refractivity (Wildman–Crippen MR) is 158 cm³/mol. The molecular weight excluding hydrogens is 493 g/mol. The molecule has 2 aliphatic rings. The van der Waals surface area contributed by atoms with E-state index in [1.54, 1.807) is 0 Å². The molecule has 1 fully saturated rings. The molecule has 1 aromatic rings. The van der Waals surface area contributed by atoms with Crippen LogP contribution in [0.25, 0.3) is 0 Å². The van der Waals surface area contributed by atoms with Gasteiger partial charge in [0.1, 0.15) is 5.76 Å². The van der Waals surface area contributed by atoms with Crippen LogP contribution in [0.3, 0.4) is 0 Å². The van der Waals surface area contributed by atoms with Gasteiger partial charge in [-0.2, -0.15) is 0 Å². The summed E-state index contributed by atoms with van der Waals surface area (Å²) in [6, 6.07) is 8.49. The van der Waals surface area contributed by atoms with Gasteiger partial charge in [0.05, 0.1) is 24.0 Å². The van der Waals surface area contributed by atoms with Crippen LogP contribution in [-0.2, 0) is 18.4 Å². The first-order chi connectivity index (χ1) is 17.0. The van der Waals surface area contributed by atoms with Crippen LogP contribution in [0.2, 0.25) is 36.3 Å². The van der Waals surface area contributed by atoms with E-state index in [1.165, 1.54) is 19.3 Å². The summed E-state index contributed by atoms with van der Waals surface area (Å²) < 4.78 is 20.3. The molecule has 0 bridgehead atoms. The Bertz CT molecular complexity index is 984. The van der Waals surface area contributed by atoms with Gasteiger partial charge in [-0.25, -0.2) is 0 Å². The lowest BCUT2D eigenvalue weighted by Gasteiger charge is -2.47. The Balaban J connectivity index is 2.12. The van der Waals surface area contributed by atoms with Crippen LogP contribution in [-0.4, -0.2) is 22.6 Å². The van der Waals surface area contributed by atoms with Crippen LogP contribution < -0.4 is 0 Å². The lowest BCUT2D eigenvalue weighted by atomic mass is 9.72. The molecule has 6 heteroatoms. The molecule has 3 rings (SSSR count). The molecule has 0 unspecified atom stereocenters. The number of carbonyl (C=O) groups excluding carboxylic acids is 1. The smallest absolute Gasteiger partial charge is 0.317 e. The molecule has 37 heavy (non-hydrogen) atoms. The molecule has 1 aromatic carbocycles. The number of fused-ring (bicyclic) bond motifs is 2. The van der Waals surface area contributed by atoms with Crippen LogP contribution in [0.1, 0.15) is 104 Å². The molecule has 1 heterocycles. The first-order valence-electron chi connectivity index (χ1n) is 14.4. The van der Waals surface area contributed by atoms with Crippen molar-refractivity contribution in [3.05, 3.63) is 47.2 Å². The topological polar surface area (TPSA) is 44.8 Å². The number of ether oxygens (including phenoxy) is 1. The van der Waals surface area contributed by atoms with Crippen molar-refractivity contribution >= 4 is 22.6 Å². The second-order valence-electron chi connectivity index (χ2n) is 14.2. The molecule has 1 aliphatic carbocycles. The van der Waals surface area contributed by atoms with Crippen molar-refractivity contribution in [3.63, 3.8) is 0 Å². The maximum Gasteiger partial charge on any atom is 0.317 e. The van der Waals surface area contributed by atoms with E-state index < -0.39 is 16.6 Å². The molecule has 0 saturated carbocycles. The molecule has 0 N–H and O–H groups in total. The van der Waals surface area contributed by atoms with Gasteiger partial charge in [-0.15, -0.1) is 0 Å². The Labute approximate surface area is 228 Å². The highest BCUT2D eigenvalue weighted by molar-refractivity contribution is 6.74. The fourth-order valence-corrected chi connectivity index (χ4v) is 7.42. The average molecular weight is 545 g/mol. The molecule has 208 valence electrons. The van der Waals surface area contributed by atoms with E-state index in [0.29, 0.717) is 0 Å². The van der Waals surface area contributed by atoms with Crippen molar-refractivity contribution in [3.8, 4) is 0 Å². The van der Waals surface area contributed by atoms with E-state index >= 15 is 0 Å². The molecule has 4 atom stereocenters. The van der Waals surface area contributed by atoms with Gasteiger partial charge in [0, 0.05) is 0 Å². The number of cyclic esters (lactones) is 1. The van der Waals surface area contributed by atoms with Crippen molar-refractivity contribution < 1.29 is 18.4 Å². The number of hydrogen-bond acceptors (Lipinski definition) is 4. The quantitative estimate of drug-likeness (QED) is 0.176. The maximum atomic E-state index is 13.6. The number of rotatable bonds is 9. The summed E-state index contributed by atoms with van der Waals surface area (Å²) in [5.41, 5.74) is 2.26. The average Bonchev–Trinajstić information content (AvgIpc) is 3.10. The molecular formula is C31H52O4Si2. The largest absolute Gasteiger partial charge is 0.431 e. The molecule has 0 spiro atoms. The van der Waals surface area contributed by atoms with Crippen LogP contribution in [0.4, 0.5) is 0 Å². The Hall–Kier alpha value is -1.22. The minimum absolute atomic E-state index is 0.0341. The minimum atomic E-state index is -2.17. The third-order valence-corrected chi connectivity index (χ3v) is 18.2. The van der Waals surface area contributed by atoms with Gasteiger partial charge in [-0.05, 0) is 66.3 Å². The van der Waals surface area contributed by atoms with E-state index in [0.717, 1.165) is 29.7 Å². The summed E-state index contributed by atoms with van der Waals surface area (Å²) in [5, 5.41) is 0.0891. The van der Waals surface area contributed by atoms with E-state index in [9.17, 15) is 4.79 Å². The number of allylic oxidation sites excluding steroid dienone is 1. The van der Waals surface area contributed by atoms with Gasteiger partial charge in [0.2, 0.25) is 0 Å². The summed E-state index contributed by atoms with van der Waals surface area (Å²) in [5.74, 6) is 0.0959. The molecule has 1 saturated heterocycles. The fourth-order valence-electron chi connectivity index (χ4n) is 4.90. The normalized spacial score (nSPS) is 25.7. The number of esters is 1. The summed E-state index contributed by atoms with van der Waals surface area (Å²) in [6.07, 6.45) is 7.33. The Kier molecular flexibility index (Phi) is 9.10. The molecule has 0 radical (unpaired) electrons. The van der Waals surface area contributed by atoms with Crippen molar-refractivity contribution in [2.24, 2.45) is 11.8 Å². The third kappa shape index (κ3) is 6.34. The van der Waals surface area contributed by atoms with Gasteiger partial charge in [-0.1, -0.05) is 92.0 Å². The Morgan fingerprint density at radius 2 is 1.30 bits per heavy atom. The van der Waals surface area contributed by atoms with E-state index in [2.05, 4.69) is 105 Å². The monoisotopic (exact) mass is 544 g/mol. The highest BCUT2D eigenvalue weighted by Crippen LogP contribution is 2.57. The van der Waals surface area contributed by atoms with Gasteiger partial charge in [0.25, 0.3) is 0 Å². The summed E-state index contributed by atoms with van der Waals surface area (Å²) in [4.78, 5) is 13.6. The number of unbranched alkanes of at least 4 members (excludes halogenated alkanes) is 4. The highest BCUT2D eigenvalue weighted by Gasteiger charge is 2.58. The number of hydrogen-bond donors (Lipinski definition) is 0. The van der Waals surface area contributed by atoms with E-state index in [4.69, 9.17) is 13.6 Å². The van der Waals surface area contributed by atoms with E-state index in [1.807, 2.05) is 0 Å². The van der Waals surface area contributed by atoms with E-state index in [-0.39, 0.29) is 40.1 Å². The van der Waals surface area contributed by atoms with Crippen molar-refractivity contribution in [2.75, 3.05) is 0 Å². The van der Waals surface area contributed by atoms with Gasteiger partial charge >= 0.3 is 5.97 Å². The van der Waals surface area contributed by atoms with Gasteiger partial charge in [0.15, 0.2) is 16.6 Å². The Morgan fingerprint density at radius 1 is 0.811 bits per heavy atom. The third-order valence-electron chi connectivity index (χ3n) is 9.33. The zero-order chi connectivity index (χ0) is 27.8. The van der Waals surface area contributed by atoms with Crippen molar-refractivity contribution in [1.29, 1.82) is 0 Å². The Morgan fingerprint density at radius 3 is 1.76 bits per heavy atom. The first-order valence-corrected chi connectivity index (χ1v) is 20.2. The highest BCUT2D eigenvalue weighted by atomic mass is 28.4. The summed E-state index contributed by atoms with van der Waals surface area (Å²) in [7, 11) is -4.32. The number of benzene rings is 1. The zero-order valence-electron chi connectivity index (χ0n) is 25.4.